The molecule has 1 aromatic rings. The van der Waals surface area contributed by atoms with Crippen molar-refractivity contribution in [3.05, 3.63) is 24.3 Å². The van der Waals surface area contributed by atoms with Crippen molar-refractivity contribution in [2.75, 3.05) is 32.6 Å². The SMILES string of the molecule is COCN(COC)c1ccc(S(=O)(=O)O)cc1. The normalized spacial score (nSPS) is 11.5. The highest BCUT2D eigenvalue weighted by Crippen LogP contribution is 2.17. The standard InChI is InChI=1S/C10H15NO5S/c1-15-7-11(8-16-2)9-3-5-10(6-4-9)17(12,13)14/h3-6H,7-8H2,1-2H3,(H,12,13,14). The van der Waals surface area contributed by atoms with Crippen molar-refractivity contribution in [1.29, 1.82) is 0 Å². The zero-order valence-electron chi connectivity index (χ0n) is 9.66. The van der Waals surface area contributed by atoms with Crippen LogP contribution in [0.25, 0.3) is 0 Å². The van der Waals surface area contributed by atoms with E-state index in [1.807, 2.05) is 0 Å². The van der Waals surface area contributed by atoms with Crippen molar-refractivity contribution in [2.24, 2.45) is 0 Å². The van der Waals surface area contributed by atoms with Gasteiger partial charge >= 0.3 is 0 Å². The molecule has 0 bridgehead atoms. The molecule has 0 fully saturated rings. The van der Waals surface area contributed by atoms with Gasteiger partial charge in [0.15, 0.2) is 0 Å². The van der Waals surface area contributed by atoms with Crippen molar-refractivity contribution >= 4 is 15.8 Å². The van der Waals surface area contributed by atoms with Crippen LogP contribution in [0.5, 0.6) is 0 Å². The second-order valence-electron chi connectivity index (χ2n) is 3.34. The molecular formula is C10H15NO5S. The van der Waals surface area contributed by atoms with Crippen molar-refractivity contribution in [3.63, 3.8) is 0 Å². The summed E-state index contributed by atoms with van der Waals surface area (Å²) >= 11 is 0. The first-order valence-corrected chi connectivity index (χ1v) is 6.23. The molecule has 0 saturated heterocycles. The zero-order chi connectivity index (χ0) is 12.9. The first-order valence-electron chi connectivity index (χ1n) is 4.79. The number of rotatable bonds is 6. The average Bonchev–Trinajstić information content (AvgIpc) is 2.28. The summed E-state index contributed by atoms with van der Waals surface area (Å²) in [6.07, 6.45) is 0. The summed E-state index contributed by atoms with van der Waals surface area (Å²) in [6.45, 7) is 0.637. The van der Waals surface area contributed by atoms with Gasteiger partial charge in [-0.15, -0.1) is 0 Å². The maximum atomic E-state index is 10.9. The van der Waals surface area contributed by atoms with E-state index >= 15 is 0 Å². The van der Waals surface area contributed by atoms with E-state index in [2.05, 4.69) is 0 Å². The van der Waals surface area contributed by atoms with Crippen LogP contribution >= 0.6 is 0 Å². The Morgan fingerprint density at radius 3 is 1.94 bits per heavy atom. The van der Waals surface area contributed by atoms with Crippen molar-refractivity contribution in [2.45, 2.75) is 4.90 Å². The summed E-state index contributed by atoms with van der Waals surface area (Å²) in [6, 6.07) is 5.79. The van der Waals surface area contributed by atoms with Gasteiger partial charge in [0.25, 0.3) is 10.1 Å². The summed E-state index contributed by atoms with van der Waals surface area (Å²) in [5.74, 6) is 0. The van der Waals surface area contributed by atoms with Gasteiger partial charge in [-0.2, -0.15) is 8.42 Å². The van der Waals surface area contributed by atoms with Gasteiger partial charge in [-0.3, -0.25) is 4.55 Å². The van der Waals surface area contributed by atoms with Crippen LogP contribution in [-0.2, 0) is 19.6 Å². The lowest BCUT2D eigenvalue weighted by atomic mass is 10.3. The first-order chi connectivity index (χ1) is 7.99. The van der Waals surface area contributed by atoms with Gasteiger partial charge in [-0.1, -0.05) is 0 Å². The summed E-state index contributed by atoms with van der Waals surface area (Å²) in [5.41, 5.74) is 0.737. The molecule has 7 heteroatoms. The third-order valence-electron chi connectivity index (χ3n) is 2.07. The number of methoxy groups -OCH3 is 2. The van der Waals surface area contributed by atoms with Crippen molar-refractivity contribution in [1.82, 2.24) is 0 Å². The Kier molecular flexibility index (Phi) is 4.88. The van der Waals surface area contributed by atoms with Crippen LogP contribution in [0.1, 0.15) is 0 Å². The van der Waals surface area contributed by atoms with E-state index in [0.29, 0.717) is 13.5 Å². The largest absolute Gasteiger partial charge is 0.364 e. The van der Waals surface area contributed by atoms with Gasteiger partial charge in [-0.25, -0.2) is 0 Å². The lowest BCUT2D eigenvalue weighted by Gasteiger charge is -2.22. The fraction of sp³-hybridized carbons (Fsp3) is 0.400. The van der Waals surface area contributed by atoms with Gasteiger partial charge in [0.2, 0.25) is 0 Å². The molecule has 0 unspecified atom stereocenters. The molecular weight excluding hydrogens is 246 g/mol. The van der Waals surface area contributed by atoms with Gasteiger partial charge in [0.1, 0.15) is 13.5 Å². The maximum Gasteiger partial charge on any atom is 0.294 e. The molecule has 0 aliphatic heterocycles. The van der Waals surface area contributed by atoms with E-state index in [1.54, 1.807) is 31.3 Å². The molecule has 1 N–H and O–H groups in total. The summed E-state index contributed by atoms with van der Waals surface area (Å²) in [7, 11) is -1.05. The molecule has 1 aromatic carbocycles. The van der Waals surface area contributed by atoms with Crippen molar-refractivity contribution < 1.29 is 22.4 Å². The molecule has 0 aliphatic carbocycles. The van der Waals surface area contributed by atoms with Crippen LogP contribution in [0.15, 0.2) is 29.2 Å². The molecule has 17 heavy (non-hydrogen) atoms. The molecule has 0 heterocycles. The van der Waals surface area contributed by atoms with Gasteiger partial charge in [0, 0.05) is 19.9 Å². The maximum absolute atomic E-state index is 10.9. The minimum Gasteiger partial charge on any atom is -0.364 e. The highest BCUT2D eigenvalue weighted by molar-refractivity contribution is 7.85. The summed E-state index contributed by atoms with van der Waals surface area (Å²) in [5, 5.41) is 0. The third-order valence-corrected chi connectivity index (χ3v) is 2.94. The van der Waals surface area contributed by atoms with Crippen LogP contribution < -0.4 is 4.90 Å². The molecule has 0 spiro atoms. The molecule has 6 nitrogen and oxygen atoms in total. The van der Waals surface area contributed by atoms with E-state index in [1.165, 1.54) is 12.1 Å². The Morgan fingerprint density at radius 1 is 1.12 bits per heavy atom. The fourth-order valence-corrected chi connectivity index (χ4v) is 1.81. The molecule has 0 aromatic heterocycles. The van der Waals surface area contributed by atoms with E-state index in [9.17, 15) is 8.42 Å². The Balaban J connectivity index is 2.91. The Bertz CT molecular complexity index is 436. The number of hydrogen-bond donors (Lipinski definition) is 1. The topological polar surface area (TPSA) is 76.1 Å². The van der Waals surface area contributed by atoms with E-state index in [4.69, 9.17) is 14.0 Å². The lowest BCUT2D eigenvalue weighted by Crippen LogP contribution is -2.27. The second-order valence-corrected chi connectivity index (χ2v) is 4.77. The minimum atomic E-state index is -4.15. The smallest absolute Gasteiger partial charge is 0.294 e. The molecule has 0 aliphatic rings. The monoisotopic (exact) mass is 261 g/mol. The number of hydrogen-bond acceptors (Lipinski definition) is 5. The third kappa shape index (κ3) is 3.97. The van der Waals surface area contributed by atoms with Crippen LogP contribution in [0.3, 0.4) is 0 Å². The highest BCUT2D eigenvalue weighted by Gasteiger charge is 2.11. The van der Waals surface area contributed by atoms with Gasteiger partial charge in [0.05, 0.1) is 4.90 Å². The molecule has 0 atom stereocenters. The number of nitrogens with zero attached hydrogens (tertiary/aromatic N) is 1. The Hall–Kier alpha value is -1.15. The zero-order valence-corrected chi connectivity index (χ0v) is 10.5. The van der Waals surface area contributed by atoms with E-state index in [0.717, 1.165) is 5.69 Å². The highest BCUT2D eigenvalue weighted by atomic mass is 32.2. The quantitative estimate of drug-likeness (QED) is 0.607. The number of benzene rings is 1. The summed E-state index contributed by atoms with van der Waals surface area (Å²) < 4.78 is 40.5. The summed E-state index contributed by atoms with van der Waals surface area (Å²) in [4.78, 5) is 1.62. The van der Waals surface area contributed by atoms with Crippen LogP contribution in [0, 0.1) is 0 Å². The van der Waals surface area contributed by atoms with E-state index in [-0.39, 0.29) is 4.90 Å². The van der Waals surface area contributed by atoms with Crippen LogP contribution in [-0.4, -0.2) is 40.7 Å². The van der Waals surface area contributed by atoms with E-state index < -0.39 is 10.1 Å². The fourth-order valence-electron chi connectivity index (χ4n) is 1.33. The van der Waals surface area contributed by atoms with Gasteiger partial charge < -0.3 is 14.4 Å². The van der Waals surface area contributed by atoms with Gasteiger partial charge in [-0.05, 0) is 24.3 Å². The Labute approximate surface area is 101 Å². The molecule has 1 rings (SSSR count). The molecule has 0 amide bonds. The van der Waals surface area contributed by atoms with Crippen molar-refractivity contribution in [3.8, 4) is 0 Å². The first kappa shape index (κ1) is 13.9. The Morgan fingerprint density at radius 2 is 1.59 bits per heavy atom. The predicted octanol–water partition coefficient (Wildman–Crippen LogP) is 0.948. The number of anilines is 1. The van der Waals surface area contributed by atoms with Crippen LogP contribution in [0.2, 0.25) is 0 Å². The lowest BCUT2D eigenvalue weighted by molar-refractivity contribution is 0.140. The molecule has 0 saturated carbocycles. The van der Waals surface area contributed by atoms with Crippen LogP contribution in [0.4, 0.5) is 5.69 Å². The average molecular weight is 261 g/mol. The number of ether oxygens (including phenoxy) is 2. The second kappa shape index (κ2) is 5.97. The molecule has 0 radical (unpaired) electrons. The minimum absolute atomic E-state index is 0.143. The predicted molar refractivity (Wildman–Crippen MR) is 62.5 cm³/mol. The molecule has 96 valence electrons.